The summed E-state index contributed by atoms with van der Waals surface area (Å²) in [5, 5.41) is 22.6. The molecule has 1 amide bonds. The zero-order valence-electron chi connectivity index (χ0n) is 21.0. The summed E-state index contributed by atoms with van der Waals surface area (Å²) in [7, 11) is 0. The van der Waals surface area contributed by atoms with Crippen LogP contribution in [0.4, 0.5) is 4.79 Å². The van der Waals surface area contributed by atoms with E-state index in [1.165, 1.54) is 18.4 Å². The number of carboxylic acids is 1. The van der Waals surface area contributed by atoms with Gasteiger partial charge in [-0.15, -0.1) is 0 Å². The molecule has 0 bridgehead atoms. The van der Waals surface area contributed by atoms with Gasteiger partial charge in [0.2, 0.25) is 16.9 Å². The Balaban J connectivity index is 1.17. The summed E-state index contributed by atoms with van der Waals surface area (Å²) in [6.45, 7) is 0.0422. The molecule has 6 rings (SSSR count). The number of amides is 1. The zero-order chi connectivity index (χ0) is 27.8. The van der Waals surface area contributed by atoms with Crippen LogP contribution in [0.15, 0.2) is 98.8 Å². The summed E-state index contributed by atoms with van der Waals surface area (Å²) in [5.41, 5.74) is 4.19. The Labute approximate surface area is 227 Å². The van der Waals surface area contributed by atoms with Crippen molar-refractivity contribution in [2.24, 2.45) is 0 Å². The van der Waals surface area contributed by atoms with Gasteiger partial charge in [0, 0.05) is 12.3 Å². The van der Waals surface area contributed by atoms with Crippen LogP contribution in [0.3, 0.4) is 0 Å². The van der Waals surface area contributed by atoms with Crippen molar-refractivity contribution in [3.8, 4) is 28.4 Å². The van der Waals surface area contributed by atoms with Crippen LogP contribution in [0.25, 0.3) is 33.6 Å². The van der Waals surface area contributed by atoms with Crippen LogP contribution in [-0.4, -0.2) is 34.9 Å². The van der Waals surface area contributed by atoms with E-state index in [4.69, 9.17) is 13.6 Å². The molecule has 0 fully saturated rings. The lowest BCUT2D eigenvalue weighted by Crippen LogP contribution is -2.42. The summed E-state index contributed by atoms with van der Waals surface area (Å²) in [6, 6.07) is 22.2. The molecule has 9 nitrogen and oxygen atoms in total. The number of alkyl carbamates (subject to hydrolysis) is 1. The minimum atomic E-state index is -1.32. The van der Waals surface area contributed by atoms with Crippen LogP contribution in [-0.2, 0) is 16.0 Å². The average Bonchev–Trinajstić information content (AvgIpc) is 3.60. The van der Waals surface area contributed by atoms with Crippen LogP contribution >= 0.6 is 0 Å². The van der Waals surface area contributed by atoms with Crippen molar-refractivity contribution in [1.82, 2.24) is 5.32 Å². The molecule has 0 radical (unpaired) electrons. The second kappa shape index (κ2) is 10.1. The average molecular weight is 538 g/mol. The molecular weight excluding hydrogens is 514 g/mol. The highest BCUT2D eigenvalue weighted by atomic mass is 16.5. The number of fused-ring (bicyclic) bond motifs is 4. The normalized spacial score (nSPS) is 13.0. The number of hydrogen-bond acceptors (Lipinski definition) is 7. The Hall–Kier alpha value is -5.31. The Kier molecular flexibility index (Phi) is 6.31. The van der Waals surface area contributed by atoms with Gasteiger partial charge in [-0.05, 0) is 52.1 Å². The van der Waals surface area contributed by atoms with E-state index in [-0.39, 0.29) is 41.4 Å². The molecule has 0 spiro atoms. The summed E-state index contributed by atoms with van der Waals surface area (Å²) in [5.74, 6) is -1.96. The van der Waals surface area contributed by atoms with E-state index < -0.39 is 29.3 Å². The van der Waals surface area contributed by atoms with Crippen molar-refractivity contribution in [2.75, 3.05) is 6.61 Å². The van der Waals surface area contributed by atoms with Gasteiger partial charge in [0.1, 0.15) is 18.2 Å². The Bertz CT molecular complexity index is 1760. The van der Waals surface area contributed by atoms with Crippen molar-refractivity contribution >= 4 is 23.0 Å². The SMILES string of the molecule is O=C(NC(Cc1ccc2oc(-c3ccco3)c(O)c(=O)c2c1)C(=O)O)OCC1c2ccccc2-c2ccccc21. The first kappa shape index (κ1) is 25.0. The Morgan fingerprint density at radius 2 is 1.65 bits per heavy atom. The minimum absolute atomic E-state index is 0.0422. The fraction of sp³-hybridized carbons (Fsp3) is 0.129. The Morgan fingerprint density at radius 3 is 2.30 bits per heavy atom. The van der Waals surface area contributed by atoms with Crippen molar-refractivity contribution in [2.45, 2.75) is 18.4 Å². The third-order valence-electron chi connectivity index (χ3n) is 7.05. The summed E-state index contributed by atoms with van der Waals surface area (Å²) in [4.78, 5) is 37.5. The lowest BCUT2D eigenvalue weighted by atomic mass is 9.98. The monoisotopic (exact) mass is 537 g/mol. The maximum absolute atomic E-state index is 12.8. The lowest BCUT2D eigenvalue weighted by Gasteiger charge is -2.17. The molecule has 0 saturated heterocycles. The van der Waals surface area contributed by atoms with Crippen LogP contribution in [0.2, 0.25) is 0 Å². The fourth-order valence-electron chi connectivity index (χ4n) is 5.15. The number of carbonyl (C=O) groups is 2. The topological polar surface area (TPSA) is 139 Å². The van der Waals surface area contributed by atoms with Crippen LogP contribution in [0, 0.1) is 0 Å². The molecule has 3 aromatic carbocycles. The van der Waals surface area contributed by atoms with Crippen molar-refractivity contribution in [3.63, 3.8) is 0 Å². The molecule has 1 aliphatic rings. The highest BCUT2D eigenvalue weighted by molar-refractivity contribution is 5.83. The summed E-state index contributed by atoms with van der Waals surface area (Å²) >= 11 is 0. The maximum Gasteiger partial charge on any atom is 0.407 e. The number of benzene rings is 3. The van der Waals surface area contributed by atoms with Gasteiger partial charge in [-0.25, -0.2) is 9.59 Å². The molecule has 2 heterocycles. The highest BCUT2D eigenvalue weighted by Crippen LogP contribution is 2.44. The number of aliphatic carboxylic acids is 1. The predicted molar refractivity (Wildman–Crippen MR) is 145 cm³/mol. The first-order chi connectivity index (χ1) is 19.4. The van der Waals surface area contributed by atoms with Gasteiger partial charge in [-0.3, -0.25) is 4.79 Å². The number of aromatic hydroxyl groups is 1. The standard InChI is InChI=1S/C31H23NO8/c33-27-22-14-17(11-12-25(22)40-29(28(27)34)26-10-5-13-38-26)15-24(30(35)36)32-31(37)39-16-23-20-8-3-1-6-18(20)19-7-2-4-9-21(19)23/h1-14,23-24,34H,15-16H2,(H,32,37)(H,35,36). The second-order valence-corrected chi connectivity index (χ2v) is 9.48. The molecule has 1 atom stereocenters. The summed E-state index contributed by atoms with van der Waals surface area (Å²) in [6.07, 6.45) is 0.392. The fourth-order valence-corrected chi connectivity index (χ4v) is 5.15. The van der Waals surface area contributed by atoms with Crippen LogP contribution in [0.1, 0.15) is 22.6 Å². The Morgan fingerprint density at radius 1 is 0.950 bits per heavy atom. The van der Waals surface area contributed by atoms with Gasteiger partial charge in [0.25, 0.3) is 0 Å². The number of carboxylic acid groups (broad SMARTS) is 1. The molecular formula is C31H23NO8. The molecule has 40 heavy (non-hydrogen) atoms. The van der Waals surface area contributed by atoms with E-state index in [9.17, 15) is 24.6 Å². The van der Waals surface area contributed by atoms with Crippen LogP contribution < -0.4 is 10.7 Å². The first-order valence-electron chi connectivity index (χ1n) is 12.6. The molecule has 5 aromatic rings. The third-order valence-corrected chi connectivity index (χ3v) is 7.05. The molecule has 9 heteroatoms. The van der Waals surface area contributed by atoms with E-state index >= 15 is 0 Å². The molecule has 1 unspecified atom stereocenters. The summed E-state index contributed by atoms with van der Waals surface area (Å²) < 4.78 is 16.4. The minimum Gasteiger partial charge on any atom is -0.501 e. The molecule has 2 aromatic heterocycles. The van der Waals surface area contributed by atoms with Crippen molar-refractivity contribution < 1.29 is 33.4 Å². The lowest BCUT2D eigenvalue weighted by molar-refractivity contribution is -0.139. The second-order valence-electron chi connectivity index (χ2n) is 9.48. The van der Waals surface area contributed by atoms with Crippen LogP contribution in [0.5, 0.6) is 5.75 Å². The van der Waals surface area contributed by atoms with Gasteiger partial charge in [0.15, 0.2) is 5.76 Å². The number of carbonyl (C=O) groups excluding carboxylic acids is 1. The maximum atomic E-state index is 12.8. The van der Waals surface area contributed by atoms with Crippen molar-refractivity contribution in [3.05, 3.63) is 112 Å². The number of ether oxygens (including phenoxy) is 1. The van der Waals surface area contributed by atoms with Gasteiger partial charge >= 0.3 is 12.1 Å². The number of hydrogen-bond donors (Lipinski definition) is 3. The number of furan rings is 1. The number of nitrogens with one attached hydrogen (secondary N) is 1. The molecule has 0 aliphatic heterocycles. The van der Waals surface area contributed by atoms with E-state index in [2.05, 4.69) is 5.32 Å². The highest BCUT2D eigenvalue weighted by Gasteiger charge is 2.30. The van der Waals surface area contributed by atoms with E-state index in [0.29, 0.717) is 5.56 Å². The first-order valence-corrected chi connectivity index (χ1v) is 12.6. The quantitative estimate of drug-likeness (QED) is 0.254. The largest absolute Gasteiger partial charge is 0.501 e. The third kappa shape index (κ3) is 4.47. The predicted octanol–water partition coefficient (Wildman–Crippen LogP) is 5.29. The van der Waals surface area contributed by atoms with E-state index in [1.54, 1.807) is 18.2 Å². The molecule has 3 N–H and O–H groups in total. The van der Waals surface area contributed by atoms with Gasteiger partial charge in [-0.1, -0.05) is 54.6 Å². The van der Waals surface area contributed by atoms with Crippen molar-refractivity contribution in [1.29, 1.82) is 0 Å². The van der Waals surface area contributed by atoms with Gasteiger partial charge in [-0.2, -0.15) is 0 Å². The van der Waals surface area contributed by atoms with Gasteiger partial charge < -0.3 is 29.1 Å². The zero-order valence-corrected chi connectivity index (χ0v) is 21.0. The van der Waals surface area contributed by atoms with E-state index in [1.807, 2.05) is 48.5 Å². The number of rotatable bonds is 7. The van der Waals surface area contributed by atoms with E-state index in [0.717, 1.165) is 22.3 Å². The molecule has 200 valence electrons. The van der Waals surface area contributed by atoms with Gasteiger partial charge in [0.05, 0.1) is 11.6 Å². The smallest absolute Gasteiger partial charge is 0.407 e. The molecule has 1 aliphatic carbocycles. The molecule has 0 saturated carbocycles.